The van der Waals surface area contributed by atoms with E-state index in [0.717, 1.165) is 0 Å². The Bertz CT molecular complexity index is 155. The third-order valence-electron chi connectivity index (χ3n) is 0.772. The maximum atomic E-state index is 11.4. The molecule has 1 unspecified atom stereocenters. The molecular formula is C6H6Cl4F6. The predicted octanol–water partition coefficient (Wildman–Crippen LogP) is 5.49. The molecule has 0 saturated carbocycles. The first-order valence-corrected chi connectivity index (χ1v) is 5.22. The monoisotopic (exact) mass is 332 g/mol. The van der Waals surface area contributed by atoms with E-state index in [1.165, 1.54) is 0 Å². The van der Waals surface area contributed by atoms with Gasteiger partial charge in [-0.3, -0.25) is 0 Å². The van der Waals surface area contributed by atoms with Gasteiger partial charge < -0.3 is 0 Å². The van der Waals surface area contributed by atoms with Crippen molar-refractivity contribution in [1.82, 2.24) is 0 Å². The maximum absolute atomic E-state index is 11.4. The van der Waals surface area contributed by atoms with Crippen molar-refractivity contribution in [2.45, 2.75) is 34.9 Å². The van der Waals surface area contributed by atoms with E-state index in [-0.39, 0.29) is 0 Å². The molecular weight excluding hydrogens is 328 g/mol. The number of alkyl halides is 10. The van der Waals surface area contributed by atoms with Gasteiger partial charge in [-0.15, -0.1) is 23.2 Å². The molecule has 0 rings (SSSR count). The van der Waals surface area contributed by atoms with Crippen molar-refractivity contribution < 1.29 is 26.3 Å². The minimum absolute atomic E-state index is 1.14. The summed E-state index contributed by atoms with van der Waals surface area (Å²) in [6, 6.07) is 0. The molecule has 0 fully saturated rings. The van der Waals surface area contributed by atoms with Crippen molar-refractivity contribution in [2.24, 2.45) is 0 Å². The zero-order valence-electron chi connectivity index (χ0n) is 7.35. The lowest BCUT2D eigenvalue weighted by Crippen LogP contribution is -2.10. The highest BCUT2D eigenvalue weighted by Crippen LogP contribution is 2.27. The minimum Gasteiger partial charge on any atom is -0.230 e. The van der Waals surface area contributed by atoms with Crippen molar-refractivity contribution in [2.75, 3.05) is 0 Å². The first-order valence-electron chi connectivity index (χ1n) is 3.53. The summed E-state index contributed by atoms with van der Waals surface area (Å²) in [4.78, 5) is -1.34. The fourth-order valence-electron chi connectivity index (χ4n) is 0.350. The van der Waals surface area contributed by atoms with E-state index in [4.69, 9.17) is 23.2 Å². The summed E-state index contributed by atoms with van der Waals surface area (Å²) in [5.74, 6) is 0. The SMILES string of the molecule is FC(Cl)CC(F)(F)Cl.FC(F)(F)CC(Cl)Cl. The average Bonchev–Trinajstić information content (AvgIpc) is 1.72. The Kier molecular flexibility index (Phi) is 9.48. The molecule has 1 atom stereocenters. The molecule has 0 aromatic heterocycles. The fraction of sp³-hybridized carbons (Fsp3) is 1.00. The van der Waals surface area contributed by atoms with Crippen LogP contribution in [0.5, 0.6) is 0 Å². The quantitative estimate of drug-likeness (QED) is 0.473. The number of rotatable bonds is 3. The maximum Gasteiger partial charge on any atom is 0.391 e. The summed E-state index contributed by atoms with van der Waals surface area (Å²) in [6.45, 7) is 0. The van der Waals surface area contributed by atoms with E-state index in [2.05, 4.69) is 23.2 Å². The Morgan fingerprint density at radius 1 is 0.875 bits per heavy atom. The van der Waals surface area contributed by atoms with E-state index < -0.39 is 34.9 Å². The van der Waals surface area contributed by atoms with Crippen LogP contribution < -0.4 is 0 Å². The topological polar surface area (TPSA) is 0 Å². The second-order valence-corrected chi connectivity index (χ2v) is 4.72. The highest BCUT2D eigenvalue weighted by Gasteiger charge is 2.30. The lowest BCUT2D eigenvalue weighted by atomic mass is 10.5. The molecule has 0 saturated heterocycles. The Morgan fingerprint density at radius 3 is 1.25 bits per heavy atom. The Morgan fingerprint density at radius 2 is 1.25 bits per heavy atom. The zero-order valence-corrected chi connectivity index (χ0v) is 10.4. The molecule has 0 aromatic carbocycles. The standard InChI is InChI=1S/2C3H3Cl2F3/c4-2(6)1-3(5,7)8;4-2(5)1-3(6,7)8/h2*2H,1H2. The summed E-state index contributed by atoms with van der Waals surface area (Å²) in [7, 11) is 0. The number of hydrogen-bond acceptors (Lipinski definition) is 0. The Balaban J connectivity index is 0. The lowest BCUT2D eigenvalue weighted by Gasteiger charge is -2.04. The molecule has 0 aromatic rings. The molecule has 0 aliphatic carbocycles. The van der Waals surface area contributed by atoms with Crippen LogP contribution in [0.2, 0.25) is 0 Å². The van der Waals surface area contributed by atoms with Gasteiger partial charge in [0.1, 0.15) is 4.84 Å². The lowest BCUT2D eigenvalue weighted by molar-refractivity contribution is -0.131. The third kappa shape index (κ3) is 24.1. The van der Waals surface area contributed by atoms with Crippen LogP contribution in [0.1, 0.15) is 12.8 Å². The van der Waals surface area contributed by atoms with Gasteiger partial charge in [-0.2, -0.15) is 22.0 Å². The van der Waals surface area contributed by atoms with E-state index in [1.807, 2.05) is 0 Å². The number of halogens is 10. The molecule has 0 N–H and O–H groups in total. The first kappa shape index (κ1) is 19.1. The molecule has 0 aliphatic rings. The first-order chi connectivity index (χ1) is 6.83. The van der Waals surface area contributed by atoms with Crippen molar-refractivity contribution in [3.8, 4) is 0 Å². The molecule has 0 radical (unpaired) electrons. The van der Waals surface area contributed by atoms with Gasteiger partial charge in [0, 0.05) is 0 Å². The molecule has 0 amide bonds. The van der Waals surface area contributed by atoms with Gasteiger partial charge >= 0.3 is 11.6 Å². The van der Waals surface area contributed by atoms with E-state index in [9.17, 15) is 26.3 Å². The van der Waals surface area contributed by atoms with Gasteiger partial charge in [-0.25, -0.2) is 4.39 Å². The fourth-order valence-corrected chi connectivity index (χ4v) is 1.11. The highest BCUT2D eigenvalue weighted by molar-refractivity contribution is 6.44. The third-order valence-corrected chi connectivity index (χ3v) is 1.39. The Labute approximate surface area is 108 Å². The van der Waals surface area contributed by atoms with Crippen LogP contribution in [0.25, 0.3) is 0 Å². The summed E-state index contributed by atoms with van der Waals surface area (Å²) in [6.07, 6.45) is -6.53. The molecule has 0 bridgehead atoms. The molecule has 100 valence electrons. The van der Waals surface area contributed by atoms with Gasteiger partial charge in [-0.1, -0.05) is 11.6 Å². The largest absolute Gasteiger partial charge is 0.391 e. The average molecular weight is 334 g/mol. The highest BCUT2D eigenvalue weighted by atomic mass is 35.5. The summed E-state index contributed by atoms with van der Waals surface area (Å²) in [5, 5.41) is -3.51. The van der Waals surface area contributed by atoms with Crippen LogP contribution in [0.15, 0.2) is 0 Å². The second kappa shape index (κ2) is 7.95. The van der Waals surface area contributed by atoms with Crippen LogP contribution >= 0.6 is 46.4 Å². The van der Waals surface area contributed by atoms with Crippen molar-refractivity contribution in [3.63, 3.8) is 0 Å². The molecule has 10 heteroatoms. The van der Waals surface area contributed by atoms with Crippen LogP contribution in [0, 0.1) is 0 Å². The Hall–Kier alpha value is 0.740. The molecule has 0 spiro atoms. The van der Waals surface area contributed by atoms with Crippen molar-refractivity contribution in [1.29, 1.82) is 0 Å². The molecule has 16 heavy (non-hydrogen) atoms. The van der Waals surface area contributed by atoms with Crippen LogP contribution in [-0.2, 0) is 0 Å². The summed E-state index contributed by atoms with van der Waals surface area (Å²) < 4.78 is 67.6. The summed E-state index contributed by atoms with van der Waals surface area (Å²) in [5.41, 5.74) is -2.07. The van der Waals surface area contributed by atoms with Gasteiger partial charge in [0.2, 0.25) is 0 Å². The normalized spacial score (nSPS) is 14.4. The summed E-state index contributed by atoms with van der Waals surface area (Å²) >= 11 is 18.4. The van der Waals surface area contributed by atoms with E-state index >= 15 is 0 Å². The predicted molar refractivity (Wildman–Crippen MR) is 52.3 cm³/mol. The van der Waals surface area contributed by atoms with E-state index in [0.29, 0.717) is 0 Å². The van der Waals surface area contributed by atoms with Gasteiger partial charge in [0.25, 0.3) is 0 Å². The molecule has 0 nitrogen and oxygen atoms in total. The smallest absolute Gasteiger partial charge is 0.230 e. The van der Waals surface area contributed by atoms with Gasteiger partial charge in [0.15, 0.2) is 5.63 Å². The van der Waals surface area contributed by atoms with Crippen molar-refractivity contribution in [3.05, 3.63) is 0 Å². The van der Waals surface area contributed by atoms with Gasteiger partial charge in [0.05, 0.1) is 12.8 Å². The van der Waals surface area contributed by atoms with Crippen molar-refractivity contribution >= 4 is 46.4 Å². The van der Waals surface area contributed by atoms with Gasteiger partial charge in [-0.05, 0) is 11.6 Å². The second-order valence-electron chi connectivity index (χ2n) is 2.42. The van der Waals surface area contributed by atoms with Crippen LogP contribution in [0.3, 0.4) is 0 Å². The molecule has 0 aliphatic heterocycles. The minimum atomic E-state index is -4.24. The van der Waals surface area contributed by atoms with Crippen LogP contribution in [-0.4, -0.2) is 22.0 Å². The number of hydrogen-bond donors (Lipinski definition) is 0. The molecule has 0 heterocycles. The van der Waals surface area contributed by atoms with Crippen LogP contribution in [0.4, 0.5) is 26.3 Å². The zero-order chi connectivity index (χ0) is 13.6. The van der Waals surface area contributed by atoms with E-state index in [1.54, 1.807) is 0 Å².